The van der Waals surface area contributed by atoms with Crippen LogP contribution >= 0.6 is 11.6 Å². The second-order valence-corrected chi connectivity index (χ2v) is 4.89. The largest absolute Gasteiger partial charge is 0.456 e. The van der Waals surface area contributed by atoms with Crippen LogP contribution < -0.4 is 14.2 Å². The van der Waals surface area contributed by atoms with Crippen LogP contribution in [0.25, 0.3) is 0 Å². The first kappa shape index (κ1) is 13.1. The van der Waals surface area contributed by atoms with Crippen LogP contribution in [0.1, 0.15) is 18.6 Å². The molecule has 0 spiro atoms. The van der Waals surface area contributed by atoms with Crippen LogP contribution in [0.15, 0.2) is 36.4 Å². The zero-order valence-corrected chi connectivity index (χ0v) is 11.6. The Labute approximate surface area is 121 Å². The molecular weight excluding hydrogens is 280 g/mol. The van der Waals surface area contributed by atoms with Crippen molar-refractivity contribution in [2.75, 3.05) is 6.79 Å². The molecule has 1 N–H and O–H groups in total. The van der Waals surface area contributed by atoms with Crippen LogP contribution in [0.5, 0.6) is 23.0 Å². The summed E-state index contributed by atoms with van der Waals surface area (Å²) in [5.74, 6) is 2.49. The van der Waals surface area contributed by atoms with Crippen molar-refractivity contribution in [1.29, 1.82) is 0 Å². The molecule has 1 aliphatic heterocycles. The third-order valence-corrected chi connectivity index (χ3v) is 3.31. The molecule has 104 valence electrons. The van der Waals surface area contributed by atoms with Gasteiger partial charge in [-0.25, -0.2) is 0 Å². The standard InChI is InChI=1S/C15H13ClO4/c1-9(17)10-2-4-13(12(16)6-10)20-11-3-5-14-15(7-11)19-8-18-14/h2-7,9,17H,8H2,1H3/t9-/m0/s1. The summed E-state index contributed by atoms with van der Waals surface area (Å²) in [6.07, 6.45) is -0.563. The van der Waals surface area contributed by atoms with Crippen molar-refractivity contribution in [3.05, 3.63) is 47.0 Å². The molecule has 0 unspecified atom stereocenters. The minimum atomic E-state index is -0.563. The van der Waals surface area contributed by atoms with Crippen molar-refractivity contribution in [3.8, 4) is 23.0 Å². The topological polar surface area (TPSA) is 47.9 Å². The second-order valence-electron chi connectivity index (χ2n) is 4.48. The Morgan fingerprint density at radius 1 is 1.15 bits per heavy atom. The lowest BCUT2D eigenvalue weighted by atomic mass is 10.1. The Morgan fingerprint density at radius 3 is 2.70 bits per heavy atom. The lowest BCUT2D eigenvalue weighted by Crippen LogP contribution is -1.93. The van der Waals surface area contributed by atoms with Gasteiger partial charge in [0.1, 0.15) is 11.5 Å². The van der Waals surface area contributed by atoms with Gasteiger partial charge in [-0.1, -0.05) is 17.7 Å². The fourth-order valence-electron chi connectivity index (χ4n) is 1.93. The van der Waals surface area contributed by atoms with E-state index >= 15 is 0 Å². The van der Waals surface area contributed by atoms with Gasteiger partial charge in [-0.15, -0.1) is 0 Å². The van der Waals surface area contributed by atoms with E-state index in [-0.39, 0.29) is 6.79 Å². The predicted molar refractivity (Wildman–Crippen MR) is 74.7 cm³/mol. The maximum Gasteiger partial charge on any atom is 0.231 e. The molecule has 0 fully saturated rings. The van der Waals surface area contributed by atoms with Crippen molar-refractivity contribution in [2.45, 2.75) is 13.0 Å². The van der Waals surface area contributed by atoms with Gasteiger partial charge in [0.05, 0.1) is 11.1 Å². The van der Waals surface area contributed by atoms with Gasteiger partial charge in [0.15, 0.2) is 11.5 Å². The molecule has 2 aromatic carbocycles. The summed E-state index contributed by atoms with van der Waals surface area (Å²) < 4.78 is 16.2. The van der Waals surface area contributed by atoms with Gasteiger partial charge in [-0.05, 0) is 36.8 Å². The number of ether oxygens (including phenoxy) is 3. The smallest absolute Gasteiger partial charge is 0.231 e. The highest BCUT2D eigenvalue weighted by molar-refractivity contribution is 6.32. The van der Waals surface area contributed by atoms with Crippen molar-refractivity contribution in [3.63, 3.8) is 0 Å². The number of hydrogen-bond acceptors (Lipinski definition) is 4. The van der Waals surface area contributed by atoms with Crippen molar-refractivity contribution in [2.24, 2.45) is 0 Å². The number of benzene rings is 2. The number of fused-ring (bicyclic) bond motifs is 1. The van der Waals surface area contributed by atoms with Crippen LogP contribution in [0, 0.1) is 0 Å². The summed E-state index contributed by atoms with van der Waals surface area (Å²) in [6, 6.07) is 10.5. The Hall–Kier alpha value is -1.91. The first-order valence-corrected chi connectivity index (χ1v) is 6.56. The molecule has 2 aromatic rings. The van der Waals surface area contributed by atoms with E-state index < -0.39 is 6.10 Å². The molecule has 1 heterocycles. The Bertz CT molecular complexity index is 640. The monoisotopic (exact) mass is 292 g/mol. The van der Waals surface area contributed by atoms with Gasteiger partial charge in [-0.3, -0.25) is 0 Å². The fourth-order valence-corrected chi connectivity index (χ4v) is 2.15. The van der Waals surface area contributed by atoms with Crippen LogP contribution in [0.2, 0.25) is 5.02 Å². The molecule has 0 bridgehead atoms. The molecule has 5 heteroatoms. The molecule has 0 saturated heterocycles. The van der Waals surface area contributed by atoms with E-state index in [4.69, 9.17) is 25.8 Å². The molecule has 3 rings (SSSR count). The molecule has 20 heavy (non-hydrogen) atoms. The SMILES string of the molecule is C[C@H](O)c1ccc(Oc2ccc3c(c2)OCO3)c(Cl)c1. The fraction of sp³-hybridized carbons (Fsp3) is 0.200. The minimum absolute atomic E-state index is 0.225. The van der Waals surface area contributed by atoms with Gasteiger partial charge in [0.2, 0.25) is 6.79 Å². The summed E-state index contributed by atoms with van der Waals surface area (Å²) in [5, 5.41) is 9.95. The zero-order valence-electron chi connectivity index (χ0n) is 10.8. The quantitative estimate of drug-likeness (QED) is 0.931. The lowest BCUT2D eigenvalue weighted by Gasteiger charge is -2.11. The number of aliphatic hydroxyl groups is 1. The molecule has 0 radical (unpaired) electrons. The molecule has 4 nitrogen and oxygen atoms in total. The molecule has 1 atom stereocenters. The number of hydrogen-bond donors (Lipinski definition) is 1. The number of aliphatic hydroxyl groups excluding tert-OH is 1. The van der Waals surface area contributed by atoms with Gasteiger partial charge >= 0.3 is 0 Å². The zero-order chi connectivity index (χ0) is 14.1. The first-order chi connectivity index (χ1) is 9.63. The molecular formula is C15H13ClO4. The number of halogens is 1. The van der Waals surface area contributed by atoms with Gasteiger partial charge < -0.3 is 19.3 Å². The van der Waals surface area contributed by atoms with Gasteiger partial charge in [0, 0.05) is 6.07 Å². The summed E-state index contributed by atoms with van der Waals surface area (Å²) in [7, 11) is 0. The van der Waals surface area contributed by atoms with Crippen molar-refractivity contribution in [1.82, 2.24) is 0 Å². The summed E-state index contributed by atoms with van der Waals surface area (Å²) in [5.41, 5.74) is 0.744. The van der Waals surface area contributed by atoms with Crippen molar-refractivity contribution >= 4 is 11.6 Å². The van der Waals surface area contributed by atoms with E-state index in [0.717, 1.165) is 5.56 Å². The van der Waals surface area contributed by atoms with E-state index in [1.54, 1.807) is 43.3 Å². The van der Waals surface area contributed by atoms with E-state index in [2.05, 4.69) is 0 Å². The second kappa shape index (κ2) is 5.23. The summed E-state index contributed by atoms with van der Waals surface area (Å²) >= 11 is 6.15. The van der Waals surface area contributed by atoms with Gasteiger partial charge in [0.25, 0.3) is 0 Å². The Kier molecular flexibility index (Phi) is 3.42. The Morgan fingerprint density at radius 2 is 1.95 bits per heavy atom. The summed E-state index contributed by atoms with van der Waals surface area (Å²) in [4.78, 5) is 0. The first-order valence-electron chi connectivity index (χ1n) is 6.18. The van der Waals surface area contributed by atoms with E-state index in [0.29, 0.717) is 28.0 Å². The highest BCUT2D eigenvalue weighted by atomic mass is 35.5. The average Bonchev–Trinajstić information content (AvgIpc) is 2.88. The minimum Gasteiger partial charge on any atom is -0.456 e. The highest BCUT2D eigenvalue weighted by Crippen LogP contribution is 2.38. The number of rotatable bonds is 3. The average molecular weight is 293 g/mol. The van der Waals surface area contributed by atoms with Crippen LogP contribution in [0.3, 0.4) is 0 Å². The van der Waals surface area contributed by atoms with E-state index in [1.807, 2.05) is 0 Å². The third kappa shape index (κ3) is 2.53. The van der Waals surface area contributed by atoms with Crippen molar-refractivity contribution < 1.29 is 19.3 Å². The highest BCUT2D eigenvalue weighted by Gasteiger charge is 2.15. The van der Waals surface area contributed by atoms with E-state index in [9.17, 15) is 5.11 Å². The van der Waals surface area contributed by atoms with E-state index in [1.165, 1.54) is 0 Å². The maximum absolute atomic E-state index is 9.50. The summed E-state index contributed by atoms with van der Waals surface area (Å²) in [6.45, 7) is 1.91. The maximum atomic E-state index is 9.50. The van der Waals surface area contributed by atoms with Crippen LogP contribution in [0.4, 0.5) is 0 Å². The molecule has 0 saturated carbocycles. The lowest BCUT2D eigenvalue weighted by molar-refractivity contribution is 0.174. The normalized spacial score (nSPS) is 14.2. The molecule has 0 aromatic heterocycles. The molecule has 0 amide bonds. The Balaban J connectivity index is 1.84. The van der Waals surface area contributed by atoms with Gasteiger partial charge in [-0.2, -0.15) is 0 Å². The predicted octanol–water partition coefficient (Wildman–Crippen LogP) is 3.91. The molecule has 1 aliphatic rings. The van der Waals surface area contributed by atoms with Crippen LogP contribution in [-0.2, 0) is 0 Å². The molecule has 0 aliphatic carbocycles. The van der Waals surface area contributed by atoms with Crippen LogP contribution in [-0.4, -0.2) is 11.9 Å². The third-order valence-electron chi connectivity index (χ3n) is 3.01.